The van der Waals surface area contributed by atoms with E-state index in [4.69, 9.17) is 15.9 Å². The molecule has 0 aliphatic carbocycles. The summed E-state index contributed by atoms with van der Waals surface area (Å²) < 4.78 is 0. The molecule has 2 aromatic rings. The zero-order valence-electron chi connectivity index (χ0n) is 10.1. The Morgan fingerprint density at radius 1 is 1.32 bits per heavy atom. The van der Waals surface area contributed by atoms with Crippen LogP contribution in [0.3, 0.4) is 0 Å². The van der Waals surface area contributed by atoms with E-state index in [1.165, 1.54) is 0 Å². The van der Waals surface area contributed by atoms with E-state index < -0.39 is 5.97 Å². The highest BCUT2D eigenvalue weighted by atomic mass is 16.4. The van der Waals surface area contributed by atoms with Crippen molar-refractivity contribution in [3.05, 3.63) is 29.5 Å². The van der Waals surface area contributed by atoms with Gasteiger partial charge in [0.15, 0.2) is 5.69 Å². The maximum Gasteiger partial charge on any atom is 0.354 e. The fourth-order valence-electron chi connectivity index (χ4n) is 1.94. The lowest BCUT2D eigenvalue weighted by molar-refractivity contribution is 0.0690. The van der Waals surface area contributed by atoms with Crippen LogP contribution in [0.1, 0.15) is 22.5 Å². The lowest BCUT2D eigenvalue weighted by atomic mass is 10.0. The smallest absolute Gasteiger partial charge is 0.354 e. The molecule has 6 nitrogen and oxygen atoms in total. The molecule has 0 unspecified atom stereocenters. The summed E-state index contributed by atoms with van der Waals surface area (Å²) in [6.07, 6.45) is 1.21. The number of benzene rings is 1. The number of fused-ring (bicyclic) bond motifs is 1. The van der Waals surface area contributed by atoms with Crippen LogP contribution in [0.25, 0.3) is 10.9 Å². The highest BCUT2D eigenvalue weighted by molar-refractivity contribution is 5.98. The molecule has 0 aliphatic rings. The van der Waals surface area contributed by atoms with Crippen molar-refractivity contribution in [2.45, 2.75) is 12.8 Å². The first-order valence-corrected chi connectivity index (χ1v) is 5.79. The predicted molar refractivity (Wildman–Crippen MR) is 70.2 cm³/mol. The van der Waals surface area contributed by atoms with Gasteiger partial charge in [-0.1, -0.05) is 0 Å². The van der Waals surface area contributed by atoms with Crippen LogP contribution in [-0.2, 0) is 6.42 Å². The Bertz CT molecular complexity index is 640. The first-order valence-electron chi connectivity index (χ1n) is 5.79. The molecule has 0 bridgehead atoms. The van der Waals surface area contributed by atoms with Crippen molar-refractivity contribution in [2.24, 2.45) is 0 Å². The summed E-state index contributed by atoms with van der Waals surface area (Å²) >= 11 is 0. The van der Waals surface area contributed by atoms with Gasteiger partial charge >= 0.3 is 5.97 Å². The SMILES string of the molecule is Nc1cc(CCCO)cc2c(O)cc(C(=O)O)nc12. The van der Waals surface area contributed by atoms with Gasteiger partial charge < -0.3 is 21.1 Å². The second-order valence-corrected chi connectivity index (χ2v) is 4.24. The van der Waals surface area contributed by atoms with Crippen molar-refractivity contribution in [1.82, 2.24) is 4.98 Å². The minimum absolute atomic E-state index is 0.0696. The molecule has 19 heavy (non-hydrogen) atoms. The largest absolute Gasteiger partial charge is 0.507 e. The monoisotopic (exact) mass is 262 g/mol. The molecule has 100 valence electrons. The molecule has 0 fully saturated rings. The number of nitrogens with two attached hydrogens (primary N) is 1. The number of carboxylic acid groups (broad SMARTS) is 1. The highest BCUT2D eigenvalue weighted by Crippen LogP contribution is 2.30. The minimum atomic E-state index is -1.22. The topological polar surface area (TPSA) is 117 Å². The molecule has 5 N–H and O–H groups in total. The molecule has 0 saturated carbocycles. The Labute approximate surface area is 109 Å². The fourth-order valence-corrected chi connectivity index (χ4v) is 1.94. The third-order valence-corrected chi connectivity index (χ3v) is 2.82. The summed E-state index contributed by atoms with van der Waals surface area (Å²) in [5, 5.41) is 28.0. The lowest BCUT2D eigenvalue weighted by Crippen LogP contribution is -2.02. The van der Waals surface area contributed by atoms with E-state index in [0.717, 1.165) is 11.6 Å². The van der Waals surface area contributed by atoms with Crippen LogP contribution in [0, 0.1) is 0 Å². The average Bonchev–Trinajstić information content (AvgIpc) is 2.37. The zero-order chi connectivity index (χ0) is 14.0. The molecule has 1 aromatic carbocycles. The van der Waals surface area contributed by atoms with E-state index in [1.807, 2.05) is 0 Å². The van der Waals surface area contributed by atoms with Crippen molar-refractivity contribution in [1.29, 1.82) is 0 Å². The Morgan fingerprint density at radius 3 is 2.68 bits per heavy atom. The Morgan fingerprint density at radius 2 is 2.05 bits per heavy atom. The molecule has 0 amide bonds. The fraction of sp³-hybridized carbons (Fsp3) is 0.231. The molecule has 1 heterocycles. The maximum absolute atomic E-state index is 10.9. The van der Waals surface area contributed by atoms with E-state index in [1.54, 1.807) is 12.1 Å². The van der Waals surface area contributed by atoms with Gasteiger partial charge in [-0.15, -0.1) is 0 Å². The average molecular weight is 262 g/mol. The molecule has 0 spiro atoms. The summed E-state index contributed by atoms with van der Waals surface area (Å²) in [5.41, 5.74) is 7.03. The van der Waals surface area contributed by atoms with Crippen molar-refractivity contribution in [3.8, 4) is 5.75 Å². The van der Waals surface area contributed by atoms with Gasteiger partial charge in [0, 0.05) is 18.1 Å². The van der Waals surface area contributed by atoms with Gasteiger partial charge in [0.2, 0.25) is 0 Å². The lowest BCUT2D eigenvalue weighted by Gasteiger charge is -2.08. The van der Waals surface area contributed by atoms with Crippen LogP contribution in [0.5, 0.6) is 5.75 Å². The van der Waals surface area contributed by atoms with Gasteiger partial charge in [0.05, 0.1) is 11.2 Å². The summed E-state index contributed by atoms with van der Waals surface area (Å²) in [7, 11) is 0. The van der Waals surface area contributed by atoms with Crippen LogP contribution in [0.4, 0.5) is 5.69 Å². The van der Waals surface area contributed by atoms with Crippen LogP contribution in [-0.4, -0.2) is 32.9 Å². The number of carbonyl (C=O) groups is 1. The number of aromatic nitrogens is 1. The molecular formula is C13H14N2O4. The van der Waals surface area contributed by atoms with Crippen molar-refractivity contribution >= 4 is 22.6 Å². The number of aromatic carboxylic acids is 1. The standard InChI is InChI=1S/C13H14N2O4/c14-9-5-7(2-1-3-16)4-8-11(17)6-10(13(18)19)15-12(8)9/h4-6,16H,1-3,14H2,(H,15,17)(H,18,19). The third kappa shape index (κ3) is 2.58. The van der Waals surface area contributed by atoms with E-state index in [2.05, 4.69) is 4.98 Å². The van der Waals surface area contributed by atoms with Crippen molar-refractivity contribution < 1.29 is 20.1 Å². The summed E-state index contributed by atoms with van der Waals surface area (Å²) in [6, 6.07) is 4.48. The van der Waals surface area contributed by atoms with E-state index in [0.29, 0.717) is 23.9 Å². The van der Waals surface area contributed by atoms with Gasteiger partial charge in [-0.3, -0.25) is 0 Å². The molecule has 0 aliphatic heterocycles. The number of rotatable bonds is 4. The quantitative estimate of drug-likeness (QED) is 0.614. The minimum Gasteiger partial charge on any atom is -0.507 e. The van der Waals surface area contributed by atoms with Gasteiger partial charge in [-0.2, -0.15) is 0 Å². The van der Waals surface area contributed by atoms with Crippen LogP contribution in [0.15, 0.2) is 18.2 Å². The maximum atomic E-state index is 10.9. The van der Waals surface area contributed by atoms with Crippen molar-refractivity contribution in [2.75, 3.05) is 12.3 Å². The Kier molecular flexibility index (Phi) is 3.52. The number of aliphatic hydroxyl groups is 1. The van der Waals surface area contributed by atoms with E-state index in [9.17, 15) is 9.90 Å². The van der Waals surface area contributed by atoms with Gasteiger partial charge in [-0.25, -0.2) is 9.78 Å². The predicted octanol–water partition coefficient (Wildman–Crippen LogP) is 1.15. The van der Waals surface area contributed by atoms with E-state index >= 15 is 0 Å². The molecule has 2 rings (SSSR count). The molecule has 0 atom stereocenters. The first-order chi connectivity index (χ1) is 9.02. The number of carboxylic acids is 1. The second-order valence-electron chi connectivity index (χ2n) is 4.24. The number of anilines is 1. The van der Waals surface area contributed by atoms with Gasteiger partial charge in [-0.05, 0) is 30.5 Å². The number of aliphatic hydroxyl groups excluding tert-OH is 1. The molecular weight excluding hydrogens is 248 g/mol. The number of hydrogen-bond acceptors (Lipinski definition) is 5. The molecule has 0 radical (unpaired) electrons. The Hall–Kier alpha value is -2.34. The zero-order valence-corrected chi connectivity index (χ0v) is 10.1. The van der Waals surface area contributed by atoms with Crippen LogP contribution in [0.2, 0.25) is 0 Å². The number of aryl methyl sites for hydroxylation is 1. The van der Waals surface area contributed by atoms with Crippen LogP contribution >= 0.6 is 0 Å². The van der Waals surface area contributed by atoms with Crippen molar-refractivity contribution in [3.63, 3.8) is 0 Å². The second kappa shape index (κ2) is 5.11. The third-order valence-electron chi connectivity index (χ3n) is 2.82. The normalized spacial score (nSPS) is 10.8. The summed E-state index contributed by atoms with van der Waals surface area (Å²) in [4.78, 5) is 14.8. The summed E-state index contributed by atoms with van der Waals surface area (Å²) in [6.45, 7) is 0.0696. The van der Waals surface area contributed by atoms with E-state index in [-0.39, 0.29) is 23.6 Å². The van der Waals surface area contributed by atoms with Gasteiger partial charge in [0.25, 0.3) is 0 Å². The molecule has 1 aromatic heterocycles. The number of nitrogen functional groups attached to an aromatic ring is 1. The Balaban J connectivity index is 2.59. The number of aromatic hydroxyl groups is 1. The van der Waals surface area contributed by atoms with Gasteiger partial charge in [0.1, 0.15) is 5.75 Å². The summed E-state index contributed by atoms with van der Waals surface area (Å²) in [5.74, 6) is -1.39. The molecule has 6 heteroatoms. The number of hydrogen-bond donors (Lipinski definition) is 4. The number of nitrogens with zero attached hydrogens (tertiary/aromatic N) is 1. The molecule has 0 saturated heterocycles. The number of pyridine rings is 1. The van der Waals surface area contributed by atoms with Crippen LogP contribution < -0.4 is 5.73 Å². The highest BCUT2D eigenvalue weighted by Gasteiger charge is 2.13. The first kappa shape index (κ1) is 13.1.